The molecule has 3 rings (SSSR count). The highest BCUT2D eigenvalue weighted by Gasteiger charge is 2.32. The predicted octanol–water partition coefficient (Wildman–Crippen LogP) is 3.59. The highest BCUT2D eigenvalue weighted by atomic mass is 35.5. The molecule has 0 bridgehead atoms. The average Bonchev–Trinajstić information content (AvgIpc) is 2.42. The molecule has 1 saturated carbocycles. The molecule has 0 aliphatic heterocycles. The maximum Gasteiger partial charge on any atom is 0.349 e. The van der Waals surface area contributed by atoms with Crippen molar-refractivity contribution in [1.82, 2.24) is 5.32 Å². The summed E-state index contributed by atoms with van der Waals surface area (Å²) in [6, 6.07) is 9.58. The molecule has 120 valence electrons. The van der Waals surface area contributed by atoms with Crippen molar-refractivity contribution in [2.45, 2.75) is 38.6 Å². The number of hydrogen-bond donors (Lipinski definition) is 1. The number of rotatable bonds is 3. The van der Waals surface area contributed by atoms with Gasteiger partial charge in [0.25, 0.3) is 5.91 Å². The van der Waals surface area contributed by atoms with Gasteiger partial charge >= 0.3 is 5.63 Å². The van der Waals surface area contributed by atoms with E-state index in [0.717, 1.165) is 17.9 Å². The summed E-state index contributed by atoms with van der Waals surface area (Å²) in [5.41, 5.74) is 1.40. The molecule has 2 aromatic rings. The largest absolute Gasteiger partial charge is 0.428 e. The number of carbonyl (C=O) groups is 1. The van der Waals surface area contributed by atoms with Crippen LogP contribution < -0.4 is 10.9 Å². The van der Waals surface area contributed by atoms with Gasteiger partial charge in [-0.1, -0.05) is 23.7 Å². The summed E-state index contributed by atoms with van der Waals surface area (Å²) in [5, 5.41) is 3.64. The molecule has 1 aromatic carbocycles. The van der Waals surface area contributed by atoms with Crippen LogP contribution >= 0.6 is 11.6 Å². The van der Waals surface area contributed by atoms with Crippen LogP contribution in [0.5, 0.6) is 0 Å². The lowest BCUT2D eigenvalue weighted by Crippen LogP contribution is -2.44. The Morgan fingerprint density at radius 3 is 2.48 bits per heavy atom. The van der Waals surface area contributed by atoms with Crippen molar-refractivity contribution in [2.75, 3.05) is 0 Å². The summed E-state index contributed by atoms with van der Waals surface area (Å²) < 4.78 is 5.02. The fraction of sp³-hybridized carbons (Fsp3) is 0.333. The van der Waals surface area contributed by atoms with E-state index in [2.05, 4.69) is 5.32 Å². The van der Waals surface area contributed by atoms with Crippen molar-refractivity contribution in [3.05, 3.63) is 68.2 Å². The van der Waals surface area contributed by atoms with E-state index < -0.39 is 5.63 Å². The van der Waals surface area contributed by atoms with Gasteiger partial charge in [0, 0.05) is 11.1 Å². The second-order valence-corrected chi connectivity index (χ2v) is 6.53. The first kappa shape index (κ1) is 15.8. The molecular formula is C18H18ClNO3. The Hall–Kier alpha value is -2.07. The van der Waals surface area contributed by atoms with E-state index in [1.807, 2.05) is 24.3 Å². The summed E-state index contributed by atoms with van der Waals surface area (Å²) in [6.07, 6.45) is 1.73. The second-order valence-electron chi connectivity index (χ2n) is 6.09. The Morgan fingerprint density at radius 2 is 1.87 bits per heavy atom. The number of carbonyl (C=O) groups excluding carboxylic acids is 1. The lowest BCUT2D eigenvalue weighted by Gasteiger charge is -2.36. The summed E-state index contributed by atoms with van der Waals surface area (Å²) >= 11 is 5.89. The van der Waals surface area contributed by atoms with Gasteiger partial charge in [0.15, 0.2) is 0 Å². The molecule has 1 heterocycles. The maximum absolute atomic E-state index is 12.3. The van der Waals surface area contributed by atoms with Gasteiger partial charge in [-0.3, -0.25) is 4.79 Å². The Labute approximate surface area is 139 Å². The van der Waals surface area contributed by atoms with E-state index in [1.54, 1.807) is 19.9 Å². The smallest absolute Gasteiger partial charge is 0.349 e. The molecule has 1 fully saturated rings. The van der Waals surface area contributed by atoms with Crippen molar-refractivity contribution in [1.29, 1.82) is 0 Å². The second kappa shape index (κ2) is 6.20. The van der Waals surface area contributed by atoms with E-state index in [0.29, 0.717) is 17.2 Å². The number of benzene rings is 1. The Balaban J connectivity index is 1.63. The first-order chi connectivity index (χ1) is 10.9. The fourth-order valence-corrected chi connectivity index (χ4v) is 3.16. The molecule has 0 unspecified atom stereocenters. The van der Waals surface area contributed by atoms with Crippen molar-refractivity contribution in [3.8, 4) is 0 Å². The van der Waals surface area contributed by atoms with Gasteiger partial charge in [-0.05, 0) is 61.9 Å². The van der Waals surface area contributed by atoms with Crippen LogP contribution in [0.3, 0.4) is 0 Å². The van der Waals surface area contributed by atoms with Crippen LogP contribution in [0.15, 0.2) is 39.5 Å². The van der Waals surface area contributed by atoms with E-state index in [4.69, 9.17) is 16.0 Å². The molecular weight excluding hydrogens is 314 g/mol. The Bertz CT molecular complexity index is 789. The minimum absolute atomic E-state index is 0.0864. The van der Waals surface area contributed by atoms with E-state index >= 15 is 0 Å². The molecule has 23 heavy (non-hydrogen) atoms. The highest BCUT2D eigenvalue weighted by molar-refractivity contribution is 6.30. The summed E-state index contributed by atoms with van der Waals surface area (Å²) in [7, 11) is 0. The zero-order valence-corrected chi connectivity index (χ0v) is 13.8. The zero-order valence-electron chi connectivity index (χ0n) is 13.1. The molecule has 1 N–H and O–H groups in total. The van der Waals surface area contributed by atoms with Gasteiger partial charge in [-0.2, -0.15) is 0 Å². The normalized spacial score (nSPS) is 20.0. The molecule has 0 spiro atoms. The third-order valence-electron chi connectivity index (χ3n) is 4.31. The lowest BCUT2D eigenvalue weighted by atomic mass is 9.76. The highest BCUT2D eigenvalue weighted by Crippen LogP contribution is 2.37. The monoisotopic (exact) mass is 331 g/mol. The summed E-state index contributed by atoms with van der Waals surface area (Å²) in [4.78, 5) is 24.2. The van der Waals surface area contributed by atoms with Crippen LogP contribution in [-0.4, -0.2) is 11.9 Å². The SMILES string of the molecule is Cc1cc(C)c(C(=O)NC2CC(c3ccc(Cl)cc3)C2)c(=O)o1. The number of hydrogen-bond acceptors (Lipinski definition) is 3. The molecule has 0 atom stereocenters. The molecule has 5 heteroatoms. The minimum atomic E-state index is -0.575. The van der Waals surface area contributed by atoms with Crippen LogP contribution in [0.2, 0.25) is 5.02 Å². The third-order valence-corrected chi connectivity index (χ3v) is 4.57. The van der Waals surface area contributed by atoms with E-state index in [-0.39, 0.29) is 17.5 Å². The fourth-order valence-electron chi connectivity index (χ4n) is 3.04. The van der Waals surface area contributed by atoms with Crippen LogP contribution in [0, 0.1) is 13.8 Å². The van der Waals surface area contributed by atoms with Crippen LogP contribution in [-0.2, 0) is 0 Å². The molecule has 1 amide bonds. The first-order valence-corrected chi connectivity index (χ1v) is 7.99. The maximum atomic E-state index is 12.3. The molecule has 0 saturated heterocycles. The summed E-state index contributed by atoms with van der Waals surface area (Å²) in [6.45, 7) is 3.44. The molecule has 1 aliphatic carbocycles. The number of amides is 1. The Morgan fingerprint density at radius 1 is 1.22 bits per heavy atom. The standard InChI is InChI=1S/C18H18ClNO3/c1-10-7-11(2)23-18(22)16(10)17(21)20-15-8-13(9-15)12-3-5-14(19)6-4-12/h3-7,13,15H,8-9H2,1-2H3,(H,20,21). The van der Waals surface area contributed by atoms with Crippen molar-refractivity contribution < 1.29 is 9.21 Å². The molecule has 0 radical (unpaired) electrons. The van der Waals surface area contributed by atoms with E-state index in [1.165, 1.54) is 5.56 Å². The van der Waals surface area contributed by atoms with Gasteiger partial charge in [0.05, 0.1) is 0 Å². The first-order valence-electron chi connectivity index (χ1n) is 7.61. The van der Waals surface area contributed by atoms with Gasteiger partial charge in [0.2, 0.25) is 0 Å². The predicted molar refractivity (Wildman–Crippen MR) is 89.1 cm³/mol. The summed E-state index contributed by atoms with van der Waals surface area (Å²) in [5.74, 6) is 0.583. The molecule has 1 aliphatic rings. The van der Waals surface area contributed by atoms with Crippen molar-refractivity contribution in [3.63, 3.8) is 0 Å². The molecule has 1 aromatic heterocycles. The molecule has 4 nitrogen and oxygen atoms in total. The van der Waals surface area contributed by atoms with E-state index in [9.17, 15) is 9.59 Å². The quantitative estimate of drug-likeness (QED) is 0.935. The van der Waals surface area contributed by atoms with Crippen molar-refractivity contribution in [2.24, 2.45) is 0 Å². The van der Waals surface area contributed by atoms with Crippen molar-refractivity contribution >= 4 is 17.5 Å². The number of aryl methyl sites for hydroxylation is 2. The van der Waals surface area contributed by atoms with Crippen LogP contribution in [0.1, 0.15) is 46.0 Å². The topological polar surface area (TPSA) is 59.3 Å². The Kier molecular flexibility index (Phi) is 4.26. The van der Waals surface area contributed by atoms with Crippen LogP contribution in [0.25, 0.3) is 0 Å². The van der Waals surface area contributed by atoms with Gasteiger partial charge in [-0.25, -0.2) is 4.79 Å². The number of halogens is 1. The van der Waals surface area contributed by atoms with Gasteiger partial charge < -0.3 is 9.73 Å². The minimum Gasteiger partial charge on any atom is -0.428 e. The zero-order chi connectivity index (χ0) is 16.6. The average molecular weight is 332 g/mol. The third kappa shape index (κ3) is 3.32. The lowest BCUT2D eigenvalue weighted by molar-refractivity contribution is 0.0904. The van der Waals surface area contributed by atoms with Gasteiger partial charge in [0.1, 0.15) is 11.3 Å². The van der Waals surface area contributed by atoms with Gasteiger partial charge in [-0.15, -0.1) is 0 Å². The number of nitrogens with one attached hydrogen (secondary N) is 1. The van der Waals surface area contributed by atoms with Crippen LogP contribution in [0.4, 0.5) is 0 Å².